The van der Waals surface area contributed by atoms with Crippen LogP contribution in [0.3, 0.4) is 0 Å². The summed E-state index contributed by atoms with van der Waals surface area (Å²) < 4.78 is 0. The predicted octanol–water partition coefficient (Wildman–Crippen LogP) is 2.18. The first-order valence-electron chi connectivity index (χ1n) is 9.78. The maximum atomic E-state index is 13.2. The second kappa shape index (κ2) is 6.89. The van der Waals surface area contributed by atoms with E-state index in [0.29, 0.717) is 18.0 Å². The lowest BCUT2D eigenvalue weighted by Crippen LogP contribution is -2.48. The van der Waals surface area contributed by atoms with Crippen molar-refractivity contribution in [2.45, 2.75) is 44.6 Å². The van der Waals surface area contributed by atoms with Crippen LogP contribution >= 0.6 is 0 Å². The van der Waals surface area contributed by atoms with Crippen molar-refractivity contribution in [3.05, 3.63) is 29.1 Å². The minimum Gasteiger partial charge on any atom is -0.333 e. The van der Waals surface area contributed by atoms with Crippen LogP contribution in [0, 0.1) is 5.92 Å². The van der Waals surface area contributed by atoms with Gasteiger partial charge in [-0.05, 0) is 56.1 Å². The zero-order chi connectivity index (χ0) is 18.3. The average molecular weight is 356 g/mol. The highest BCUT2D eigenvalue weighted by Gasteiger charge is 2.39. The summed E-state index contributed by atoms with van der Waals surface area (Å²) in [7, 11) is 3.58. The van der Waals surface area contributed by atoms with Crippen LogP contribution in [0.15, 0.2) is 12.3 Å². The van der Waals surface area contributed by atoms with Gasteiger partial charge in [-0.25, -0.2) is 4.79 Å². The second-order valence-electron chi connectivity index (χ2n) is 8.17. The predicted molar refractivity (Wildman–Crippen MR) is 99.1 cm³/mol. The van der Waals surface area contributed by atoms with Gasteiger partial charge in [0, 0.05) is 51.7 Å². The number of aromatic nitrogens is 1. The molecule has 3 fully saturated rings. The van der Waals surface area contributed by atoms with E-state index < -0.39 is 0 Å². The van der Waals surface area contributed by atoms with Crippen molar-refractivity contribution in [1.29, 1.82) is 0 Å². The van der Waals surface area contributed by atoms with E-state index in [9.17, 15) is 9.59 Å². The van der Waals surface area contributed by atoms with Crippen LogP contribution in [0.25, 0.3) is 0 Å². The Balaban J connectivity index is 1.54. The molecule has 3 amide bonds. The molecule has 140 valence electrons. The van der Waals surface area contributed by atoms with E-state index in [1.54, 1.807) is 25.2 Å². The van der Waals surface area contributed by atoms with Gasteiger partial charge in [0.15, 0.2) is 0 Å². The topological polar surface area (TPSA) is 56.8 Å². The maximum absolute atomic E-state index is 13.2. The molecule has 1 aliphatic carbocycles. The Kier molecular flexibility index (Phi) is 4.59. The van der Waals surface area contributed by atoms with Crippen LogP contribution in [0.5, 0.6) is 0 Å². The summed E-state index contributed by atoms with van der Waals surface area (Å²) in [6, 6.07) is 2.22. The Bertz CT molecular complexity index is 718. The number of pyridine rings is 1. The largest absolute Gasteiger partial charge is 0.333 e. The van der Waals surface area contributed by atoms with Gasteiger partial charge >= 0.3 is 6.03 Å². The van der Waals surface area contributed by atoms with Gasteiger partial charge in [-0.1, -0.05) is 0 Å². The molecule has 3 saturated heterocycles. The monoisotopic (exact) mass is 356 g/mol. The van der Waals surface area contributed by atoms with Crippen molar-refractivity contribution in [2.24, 2.45) is 5.92 Å². The molecule has 2 atom stereocenters. The Labute approximate surface area is 155 Å². The lowest BCUT2D eigenvalue weighted by Gasteiger charge is -2.36. The van der Waals surface area contributed by atoms with Crippen LogP contribution in [-0.2, 0) is 12.8 Å². The molecule has 0 radical (unpaired) electrons. The van der Waals surface area contributed by atoms with E-state index in [1.165, 1.54) is 18.4 Å². The molecule has 0 spiro atoms. The number of fused-ring (bicyclic) bond motifs is 5. The van der Waals surface area contributed by atoms with Crippen molar-refractivity contribution < 1.29 is 9.59 Å². The van der Waals surface area contributed by atoms with Gasteiger partial charge in [-0.3, -0.25) is 9.78 Å². The number of hydrogen-bond acceptors (Lipinski definition) is 3. The van der Waals surface area contributed by atoms with Crippen LogP contribution in [0.2, 0.25) is 0 Å². The molecule has 6 nitrogen and oxygen atoms in total. The number of carbonyl (C=O) groups is 2. The summed E-state index contributed by atoms with van der Waals surface area (Å²) in [5.41, 5.74) is 3.11. The number of aryl methyl sites for hydroxylation is 2. The lowest BCUT2D eigenvalue weighted by molar-refractivity contribution is 0.0585. The number of hydrogen-bond donors (Lipinski definition) is 0. The third-order valence-corrected chi connectivity index (χ3v) is 6.04. The molecule has 0 aromatic carbocycles. The molecule has 0 saturated carbocycles. The van der Waals surface area contributed by atoms with Crippen molar-refractivity contribution in [1.82, 2.24) is 19.7 Å². The zero-order valence-electron chi connectivity index (χ0n) is 15.8. The van der Waals surface area contributed by atoms with E-state index in [-0.39, 0.29) is 18.0 Å². The van der Waals surface area contributed by atoms with E-state index >= 15 is 0 Å². The summed E-state index contributed by atoms with van der Waals surface area (Å²) in [6.07, 6.45) is 8.26. The van der Waals surface area contributed by atoms with Crippen molar-refractivity contribution in [2.75, 3.05) is 33.7 Å². The fraction of sp³-hybridized carbons (Fsp3) is 0.650. The van der Waals surface area contributed by atoms with E-state index in [1.807, 2.05) is 9.80 Å². The quantitative estimate of drug-likeness (QED) is 0.775. The third kappa shape index (κ3) is 3.17. The third-order valence-electron chi connectivity index (χ3n) is 6.04. The first kappa shape index (κ1) is 17.3. The first-order valence-corrected chi connectivity index (χ1v) is 9.78. The molecular weight excluding hydrogens is 328 g/mol. The lowest BCUT2D eigenvalue weighted by atomic mass is 9.93. The highest BCUT2D eigenvalue weighted by molar-refractivity contribution is 5.94. The highest BCUT2D eigenvalue weighted by atomic mass is 16.2. The molecule has 4 aliphatic rings. The molecule has 5 rings (SSSR count). The van der Waals surface area contributed by atoms with Crippen LogP contribution in [-0.4, -0.2) is 71.4 Å². The van der Waals surface area contributed by atoms with Crippen LogP contribution < -0.4 is 0 Å². The Hall–Kier alpha value is -2.11. The smallest absolute Gasteiger partial charge is 0.319 e. The van der Waals surface area contributed by atoms with Crippen molar-refractivity contribution >= 4 is 11.9 Å². The molecule has 26 heavy (non-hydrogen) atoms. The molecule has 6 heteroatoms. The number of rotatable bonds is 1. The number of urea groups is 1. The molecular formula is C20H28N4O2. The minimum absolute atomic E-state index is 0.0478. The Morgan fingerprint density at radius 2 is 1.92 bits per heavy atom. The maximum Gasteiger partial charge on any atom is 0.319 e. The van der Waals surface area contributed by atoms with Gasteiger partial charge < -0.3 is 14.7 Å². The normalized spacial score (nSPS) is 24.8. The first-order chi connectivity index (χ1) is 12.5. The summed E-state index contributed by atoms with van der Waals surface area (Å²) >= 11 is 0. The van der Waals surface area contributed by atoms with Crippen LogP contribution in [0.4, 0.5) is 4.79 Å². The summed E-state index contributed by atoms with van der Waals surface area (Å²) in [5.74, 6) is 0.451. The fourth-order valence-electron chi connectivity index (χ4n) is 4.64. The van der Waals surface area contributed by atoms with E-state index in [4.69, 9.17) is 0 Å². The molecule has 2 bridgehead atoms. The molecule has 3 aliphatic heterocycles. The van der Waals surface area contributed by atoms with Gasteiger partial charge in [0.1, 0.15) is 0 Å². The second-order valence-corrected chi connectivity index (χ2v) is 8.17. The number of amides is 3. The number of piperidine rings is 1. The fourth-order valence-corrected chi connectivity index (χ4v) is 4.64. The van der Waals surface area contributed by atoms with E-state index in [2.05, 4.69) is 11.1 Å². The highest BCUT2D eigenvalue weighted by Crippen LogP contribution is 2.30. The molecule has 1 aromatic heterocycles. The zero-order valence-corrected chi connectivity index (χ0v) is 15.8. The molecule has 4 heterocycles. The number of carbonyl (C=O) groups excluding carboxylic acids is 2. The minimum atomic E-state index is 0.0478. The van der Waals surface area contributed by atoms with Gasteiger partial charge in [0.2, 0.25) is 0 Å². The molecule has 0 N–H and O–H groups in total. The number of nitrogens with zero attached hydrogens (tertiary/aromatic N) is 4. The van der Waals surface area contributed by atoms with E-state index in [0.717, 1.165) is 44.5 Å². The summed E-state index contributed by atoms with van der Waals surface area (Å²) in [4.78, 5) is 35.7. The Morgan fingerprint density at radius 1 is 1.12 bits per heavy atom. The standard InChI is InChI=1S/C20H28N4O2/c1-22(2)20(26)23-11-14-7-8-17(13-23)24(12-14)19(25)16-9-15-5-3-4-6-18(15)21-10-16/h9-10,14,17H,3-8,11-13H2,1-2H3/t14-,17+/m0/s1. The summed E-state index contributed by atoms with van der Waals surface area (Å²) in [5, 5.41) is 0. The van der Waals surface area contributed by atoms with Gasteiger partial charge in [-0.15, -0.1) is 0 Å². The molecule has 0 unspecified atom stereocenters. The Morgan fingerprint density at radius 3 is 2.73 bits per heavy atom. The SMILES string of the molecule is CN(C)C(=O)N1C[C@@H]2CC[C@H](C1)N(C(=O)c1cnc3c(c1)CCCC3)C2. The van der Waals surface area contributed by atoms with Gasteiger partial charge in [-0.2, -0.15) is 0 Å². The average Bonchev–Trinajstić information content (AvgIpc) is 2.98. The van der Waals surface area contributed by atoms with Gasteiger partial charge in [0.25, 0.3) is 5.91 Å². The van der Waals surface area contributed by atoms with Gasteiger partial charge in [0.05, 0.1) is 5.56 Å². The van der Waals surface area contributed by atoms with Crippen molar-refractivity contribution in [3.63, 3.8) is 0 Å². The molecule has 1 aromatic rings. The van der Waals surface area contributed by atoms with Crippen LogP contribution in [0.1, 0.15) is 47.3 Å². The summed E-state index contributed by atoms with van der Waals surface area (Å²) in [6.45, 7) is 2.13. The van der Waals surface area contributed by atoms with Crippen molar-refractivity contribution in [3.8, 4) is 0 Å².